The molecule has 0 N–H and O–H groups in total. The van der Waals surface area contributed by atoms with E-state index in [-0.39, 0.29) is 10.8 Å². The van der Waals surface area contributed by atoms with Gasteiger partial charge in [-0.15, -0.1) is 0 Å². The second-order valence-electron chi connectivity index (χ2n) is 3.05. The molecule has 0 saturated carbocycles. The van der Waals surface area contributed by atoms with Gasteiger partial charge in [0.15, 0.2) is 0 Å². The van der Waals surface area contributed by atoms with Crippen molar-refractivity contribution >= 4 is 37.8 Å². The van der Waals surface area contributed by atoms with Crippen molar-refractivity contribution in [2.75, 3.05) is 6.61 Å². The molecule has 2 nitrogen and oxygen atoms in total. The molecule has 0 amide bonds. The van der Waals surface area contributed by atoms with Gasteiger partial charge in [-0.2, -0.15) is 0 Å². The Balaban J connectivity index is 2.58. The van der Waals surface area contributed by atoms with E-state index in [1.807, 2.05) is 24.3 Å². The SMILES string of the molecule is CCOC(=O)C(Br)Cc1cccc(Br)c1. The summed E-state index contributed by atoms with van der Waals surface area (Å²) in [5.74, 6) is -0.211. The molecule has 0 aliphatic carbocycles. The Morgan fingerprint density at radius 2 is 2.27 bits per heavy atom. The van der Waals surface area contributed by atoms with Crippen LogP contribution in [0.2, 0.25) is 0 Å². The maximum Gasteiger partial charge on any atom is 0.320 e. The van der Waals surface area contributed by atoms with Crippen molar-refractivity contribution in [2.45, 2.75) is 18.2 Å². The smallest absolute Gasteiger partial charge is 0.320 e. The Morgan fingerprint density at radius 1 is 1.53 bits per heavy atom. The van der Waals surface area contributed by atoms with Crippen LogP contribution in [0.4, 0.5) is 0 Å². The first-order chi connectivity index (χ1) is 7.13. The molecule has 1 aromatic carbocycles. The lowest BCUT2D eigenvalue weighted by Gasteiger charge is -2.08. The monoisotopic (exact) mass is 334 g/mol. The lowest BCUT2D eigenvalue weighted by molar-refractivity contribution is -0.142. The number of alkyl halides is 1. The van der Waals surface area contributed by atoms with Gasteiger partial charge in [0.25, 0.3) is 0 Å². The van der Waals surface area contributed by atoms with Crippen LogP contribution in [0.1, 0.15) is 12.5 Å². The lowest BCUT2D eigenvalue weighted by atomic mass is 10.1. The molecule has 0 aliphatic rings. The number of hydrogen-bond donors (Lipinski definition) is 0. The number of carbonyl (C=O) groups excluding carboxylic acids is 1. The van der Waals surface area contributed by atoms with Crippen LogP contribution >= 0.6 is 31.9 Å². The van der Waals surface area contributed by atoms with Crippen molar-refractivity contribution in [1.82, 2.24) is 0 Å². The number of benzene rings is 1. The summed E-state index contributed by atoms with van der Waals surface area (Å²) in [5, 5.41) is 0. The summed E-state index contributed by atoms with van der Waals surface area (Å²) in [4.78, 5) is 11.1. The number of ether oxygens (including phenoxy) is 1. The Hall–Kier alpha value is -0.350. The van der Waals surface area contributed by atoms with E-state index in [1.54, 1.807) is 6.92 Å². The molecular weight excluding hydrogens is 324 g/mol. The van der Waals surface area contributed by atoms with Crippen molar-refractivity contribution in [1.29, 1.82) is 0 Å². The highest BCUT2D eigenvalue weighted by Gasteiger charge is 2.16. The van der Waals surface area contributed by atoms with Crippen molar-refractivity contribution in [3.8, 4) is 0 Å². The Labute approximate surface area is 106 Å². The van der Waals surface area contributed by atoms with E-state index in [0.717, 1.165) is 10.0 Å². The molecule has 1 unspecified atom stereocenters. The standard InChI is InChI=1S/C11H12Br2O2/c1-2-15-11(14)10(13)7-8-4-3-5-9(12)6-8/h3-6,10H,2,7H2,1H3. The molecule has 1 atom stereocenters. The molecule has 0 aromatic heterocycles. The maximum atomic E-state index is 11.4. The minimum absolute atomic E-state index is 0.211. The number of esters is 1. The predicted octanol–water partition coefficient (Wildman–Crippen LogP) is 3.32. The third-order valence-electron chi connectivity index (χ3n) is 1.85. The van der Waals surface area contributed by atoms with Crippen molar-refractivity contribution in [3.05, 3.63) is 34.3 Å². The fourth-order valence-electron chi connectivity index (χ4n) is 1.19. The van der Waals surface area contributed by atoms with Crippen LogP contribution in [0.5, 0.6) is 0 Å². The van der Waals surface area contributed by atoms with E-state index in [0.29, 0.717) is 13.0 Å². The number of halogens is 2. The molecule has 82 valence electrons. The largest absolute Gasteiger partial charge is 0.465 e. The third kappa shape index (κ3) is 4.34. The molecule has 0 radical (unpaired) electrons. The van der Waals surface area contributed by atoms with Gasteiger partial charge in [-0.05, 0) is 31.0 Å². The summed E-state index contributed by atoms with van der Waals surface area (Å²) in [7, 11) is 0. The molecule has 1 aromatic rings. The normalized spacial score (nSPS) is 12.2. The molecule has 0 spiro atoms. The molecule has 15 heavy (non-hydrogen) atoms. The quantitative estimate of drug-likeness (QED) is 0.623. The minimum Gasteiger partial charge on any atom is -0.465 e. The number of hydrogen-bond acceptors (Lipinski definition) is 2. The first-order valence-corrected chi connectivity index (χ1v) is 6.39. The third-order valence-corrected chi connectivity index (χ3v) is 3.04. The van der Waals surface area contributed by atoms with Crippen LogP contribution in [0.3, 0.4) is 0 Å². The summed E-state index contributed by atoms with van der Waals surface area (Å²) in [6, 6.07) is 7.88. The first kappa shape index (κ1) is 12.7. The molecule has 4 heteroatoms. The lowest BCUT2D eigenvalue weighted by Crippen LogP contribution is -2.19. The number of carbonyl (C=O) groups is 1. The van der Waals surface area contributed by atoms with Gasteiger partial charge in [0.1, 0.15) is 4.83 Å². The Kier molecular flexibility index (Phi) is 5.32. The average molecular weight is 336 g/mol. The van der Waals surface area contributed by atoms with Crippen LogP contribution < -0.4 is 0 Å². The second kappa shape index (κ2) is 6.28. The molecule has 0 saturated heterocycles. The van der Waals surface area contributed by atoms with Gasteiger partial charge in [-0.1, -0.05) is 44.0 Å². The summed E-state index contributed by atoms with van der Waals surface area (Å²) in [6.45, 7) is 2.22. The summed E-state index contributed by atoms with van der Waals surface area (Å²) in [5.41, 5.74) is 1.10. The highest BCUT2D eigenvalue weighted by atomic mass is 79.9. The van der Waals surface area contributed by atoms with Crippen LogP contribution in [0.15, 0.2) is 28.7 Å². The highest BCUT2D eigenvalue weighted by Crippen LogP contribution is 2.16. The Morgan fingerprint density at radius 3 is 2.87 bits per heavy atom. The van der Waals surface area contributed by atoms with Gasteiger partial charge in [-0.25, -0.2) is 0 Å². The van der Waals surface area contributed by atoms with E-state index in [1.165, 1.54) is 0 Å². The zero-order chi connectivity index (χ0) is 11.3. The van der Waals surface area contributed by atoms with Gasteiger partial charge < -0.3 is 4.74 Å². The van der Waals surface area contributed by atoms with Gasteiger partial charge in [0.05, 0.1) is 6.61 Å². The van der Waals surface area contributed by atoms with Gasteiger partial charge in [-0.3, -0.25) is 4.79 Å². The summed E-state index contributed by atoms with van der Waals surface area (Å²) >= 11 is 6.70. The zero-order valence-electron chi connectivity index (χ0n) is 8.37. The van der Waals surface area contributed by atoms with E-state index >= 15 is 0 Å². The van der Waals surface area contributed by atoms with E-state index in [2.05, 4.69) is 31.9 Å². The summed E-state index contributed by atoms with van der Waals surface area (Å²) < 4.78 is 5.93. The highest BCUT2D eigenvalue weighted by molar-refractivity contribution is 9.10. The molecule has 0 aliphatic heterocycles. The van der Waals surface area contributed by atoms with Crippen LogP contribution in [0, 0.1) is 0 Å². The maximum absolute atomic E-state index is 11.4. The molecule has 0 bridgehead atoms. The minimum atomic E-state index is -0.272. The van der Waals surface area contributed by atoms with Crippen molar-refractivity contribution in [3.63, 3.8) is 0 Å². The van der Waals surface area contributed by atoms with Crippen LogP contribution in [-0.4, -0.2) is 17.4 Å². The van der Waals surface area contributed by atoms with Crippen molar-refractivity contribution < 1.29 is 9.53 Å². The average Bonchev–Trinajstić information content (AvgIpc) is 2.18. The fraction of sp³-hybridized carbons (Fsp3) is 0.364. The Bertz CT molecular complexity index is 339. The molecular formula is C11H12Br2O2. The van der Waals surface area contributed by atoms with Crippen LogP contribution in [-0.2, 0) is 16.0 Å². The first-order valence-electron chi connectivity index (χ1n) is 4.68. The van der Waals surface area contributed by atoms with E-state index < -0.39 is 0 Å². The van der Waals surface area contributed by atoms with E-state index in [4.69, 9.17) is 4.74 Å². The van der Waals surface area contributed by atoms with Gasteiger partial charge in [0, 0.05) is 4.47 Å². The molecule has 1 rings (SSSR count). The van der Waals surface area contributed by atoms with E-state index in [9.17, 15) is 4.79 Å². The van der Waals surface area contributed by atoms with Crippen LogP contribution in [0.25, 0.3) is 0 Å². The summed E-state index contributed by atoms with van der Waals surface area (Å²) in [6.07, 6.45) is 0.637. The number of rotatable bonds is 4. The van der Waals surface area contributed by atoms with Gasteiger partial charge in [0.2, 0.25) is 0 Å². The fourth-order valence-corrected chi connectivity index (χ4v) is 2.14. The van der Waals surface area contributed by atoms with Gasteiger partial charge >= 0.3 is 5.97 Å². The topological polar surface area (TPSA) is 26.3 Å². The second-order valence-corrected chi connectivity index (χ2v) is 5.07. The zero-order valence-corrected chi connectivity index (χ0v) is 11.5. The predicted molar refractivity (Wildman–Crippen MR) is 67.2 cm³/mol. The van der Waals surface area contributed by atoms with Crippen molar-refractivity contribution in [2.24, 2.45) is 0 Å². The molecule has 0 heterocycles. The molecule has 0 fully saturated rings.